The van der Waals surface area contributed by atoms with Gasteiger partial charge in [-0.15, -0.1) is 0 Å². The van der Waals surface area contributed by atoms with E-state index in [0.717, 1.165) is 48.7 Å². The third-order valence-electron chi connectivity index (χ3n) is 6.12. The number of halogens is 1. The summed E-state index contributed by atoms with van der Waals surface area (Å²) in [5.41, 5.74) is 2.59. The predicted octanol–water partition coefficient (Wildman–Crippen LogP) is 2.38. The summed E-state index contributed by atoms with van der Waals surface area (Å²) in [6, 6.07) is 5.74. The van der Waals surface area contributed by atoms with Crippen LogP contribution in [0.3, 0.4) is 0 Å². The largest absolute Gasteiger partial charge is 0.373 e. The van der Waals surface area contributed by atoms with Gasteiger partial charge in [0.15, 0.2) is 0 Å². The molecule has 2 N–H and O–H groups in total. The molecule has 0 unspecified atom stereocenters. The van der Waals surface area contributed by atoms with E-state index in [4.69, 9.17) is 9.97 Å². The first kappa shape index (κ1) is 22.1. The Bertz CT molecular complexity index is 979. The number of nitrogens with one attached hydrogen (secondary N) is 2. The van der Waals surface area contributed by atoms with E-state index in [9.17, 15) is 14.0 Å². The zero-order chi connectivity index (χ0) is 22.7. The van der Waals surface area contributed by atoms with Crippen molar-refractivity contribution in [1.29, 1.82) is 0 Å². The number of amides is 2. The van der Waals surface area contributed by atoms with E-state index in [2.05, 4.69) is 15.5 Å². The van der Waals surface area contributed by atoms with Crippen molar-refractivity contribution in [2.75, 3.05) is 43.9 Å². The van der Waals surface area contributed by atoms with E-state index in [1.165, 1.54) is 12.1 Å². The molecule has 0 spiro atoms. The van der Waals surface area contributed by atoms with Crippen molar-refractivity contribution < 1.29 is 14.0 Å². The molecule has 1 aromatic heterocycles. The van der Waals surface area contributed by atoms with Crippen LogP contribution in [0.15, 0.2) is 24.3 Å². The van der Waals surface area contributed by atoms with Gasteiger partial charge in [0.1, 0.15) is 17.5 Å². The van der Waals surface area contributed by atoms with E-state index < -0.39 is 0 Å². The zero-order valence-electron chi connectivity index (χ0n) is 18.5. The summed E-state index contributed by atoms with van der Waals surface area (Å²) in [7, 11) is 1.84. The highest BCUT2D eigenvalue weighted by Crippen LogP contribution is 2.30. The second kappa shape index (κ2) is 9.60. The Kier molecular flexibility index (Phi) is 6.64. The van der Waals surface area contributed by atoms with E-state index in [1.54, 1.807) is 19.1 Å². The average molecular weight is 441 g/mol. The van der Waals surface area contributed by atoms with Crippen LogP contribution in [0.1, 0.15) is 42.8 Å². The normalized spacial score (nSPS) is 18.7. The molecule has 1 saturated heterocycles. The van der Waals surface area contributed by atoms with Crippen molar-refractivity contribution >= 4 is 23.3 Å². The van der Waals surface area contributed by atoms with Crippen molar-refractivity contribution in [2.45, 2.75) is 38.6 Å². The van der Waals surface area contributed by atoms with Gasteiger partial charge in [0.05, 0.1) is 12.2 Å². The fourth-order valence-electron chi connectivity index (χ4n) is 4.42. The molecule has 0 saturated carbocycles. The number of aromatic nitrogens is 2. The van der Waals surface area contributed by atoms with E-state index in [0.29, 0.717) is 25.3 Å². The van der Waals surface area contributed by atoms with Crippen LogP contribution in [0.5, 0.6) is 0 Å². The van der Waals surface area contributed by atoms with Gasteiger partial charge in [0.2, 0.25) is 11.8 Å². The Morgan fingerprint density at radius 2 is 1.97 bits per heavy atom. The minimum Gasteiger partial charge on any atom is -0.373 e. The fraction of sp³-hybridized carbons (Fsp3) is 0.478. The van der Waals surface area contributed by atoms with Crippen LogP contribution in [-0.4, -0.2) is 64.8 Å². The lowest BCUT2D eigenvalue weighted by atomic mass is 9.96. The van der Waals surface area contributed by atoms with Crippen LogP contribution in [-0.2, 0) is 22.6 Å². The van der Waals surface area contributed by atoms with Gasteiger partial charge in [-0.3, -0.25) is 14.5 Å². The van der Waals surface area contributed by atoms with Gasteiger partial charge in [-0.2, -0.15) is 0 Å². The van der Waals surface area contributed by atoms with Gasteiger partial charge >= 0.3 is 0 Å². The van der Waals surface area contributed by atoms with Crippen LogP contribution in [0, 0.1) is 5.82 Å². The number of carbonyl (C=O) groups is 2. The second-order valence-electron chi connectivity index (χ2n) is 8.43. The van der Waals surface area contributed by atoms with Gasteiger partial charge in [-0.05, 0) is 37.1 Å². The van der Waals surface area contributed by atoms with Gasteiger partial charge in [0, 0.05) is 63.7 Å². The minimum absolute atomic E-state index is 0.0936. The monoisotopic (exact) mass is 440 g/mol. The molecule has 2 amide bonds. The quantitative estimate of drug-likeness (QED) is 0.742. The zero-order valence-corrected chi connectivity index (χ0v) is 18.5. The molecule has 2 aliphatic rings. The molecule has 2 aromatic rings. The van der Waals surface area contributed by atoms with Crippen molar-refractivity contribution in [2.24, 2.45) is 0 Å². The standard InChI is InChI=1S/C23H29FN6O2/c1-15(31)30-10-3-4-16(12-30)22-27-20-9-11-29(13-19(20)23(25-2)28-22)14-21(32)26-18-7-5-17(24)6-8-18/h5-8,16H,3-4,9-14H2,1-2H3,(H,26,32)(H,25,27,28)/t16-/m0/s1. The summed E-state index contributed by atoms with van der Waals surface area (Å²) in [5.74, 6) is 1.34. The lowest BCUT2D eigenvalue weighted by Gasteiger charge is -2.33. The molecule has 1 aromatic carbocycles. The molecule has 170 valence electrons. The van der Waals surface area contributed by atoms with Crippen LogP contribution in [0.2, 0.25) is 0 Å². The average Bonchev–Trinajstić information content (AvgIpc) is 2.80. The van der Waals surface area contributed by atoms with Crippen molar-refractivity contribution in [1.82, 2.24) is 19.8 Å². The molecule has 1 fully saturated rings. The molecular formula is C23H29FN6O2. The molecule has 1 atom stereocenters. The lowest BCUT2D eigenvalue weighted by Crippen LogP contribution is -2.39. The number of hydrogen-bond acceptors (Lipinski definition) is 6. The van der Waals surface area contributed by atoms with Crippen molar-refractivity contribution in [3.05, 3.63) is 47.2 Å². The summed E-state index contributed by atoms with van der Waals surface area (Å²) in [5, 5.41) is 6.00. The maximum Gasteiger partial charge on any atom is 0.238 e. The van der Waals surface area contributed by atoms with Gasteiger partial charge in [-0.25, -0.2) is 14.4 Å². The predicted molar refractivity (Wildman–Crippen MR) is 120 cm³/mol. The highest BCUT2D eigenvalue weighted by Gasteiger charge is 2.29. The number of benzene rings is 1. The summed E-state index contributed by atoms with van der Waals surface area (Å²) in [6.45, 7) is 4.59. The molecular weight excluding hydrogens is 411 g/mol. The minimum atomic E-state index is -0.336. The maximum atomic E-state index is 13.1. The van der Waals surface area contributed by atoms with E-state index in [1.807, 2.05) is 11.9 Å². The summed E-state index contributed by atoms with van der Waals surface area (Å²) < 4.78 is 13.1. The number of nitrogens with zero attached hydrogens (tertiary/aromatic N) is 4. The maximum absolute atomic E-state index is 13.1. The molecule has 3 heterocycles. The fourth-order valence-corrected chi connectivity index (χ4v) is 4.42. The van der Waals surface area contributed by atoms with E-state index >= 15 is 0 Å². The molecule has 2 aliphatic heterocycles. The highest BCUT2D eigenvalue weighted by atomic mass is 19.1. The molecule has 32 heavy (non-hydrogen) atoms. The number of hydrogen-bond donors (Lipinski definition) is 2. The Labute approximate surface area is 187 Å². The Hall–Kier alpha value is -3.07. The highest BCUT2D eigenvalue weighted by molar-refractivity contribution is 5.92. The van der Waals surface area contributed by atoms with Gasteiger partial charge in [0.25, 0.3) is 0 Å². The number of anilines is 2. The van der Waals surface area contributed by atoms with Gasteiger partial charge in [-0.1, -0.05) is 0 Å². The Morgan fingerprint density at radius 1 is 1.19 bits per heavy atom. The third-order valence-corrected chi connectivity index (χ3v) is 6.12. The van der Waals surface area contributed by atoms with Crippen LogP contribution in [0.25, 0.3) is 0 Å². The number of likely N-dealkylation sites (tertiary alicyclic amines) is 1. The van der Waals surface area contributed by atoms with Crippen molar-refractivity contribution in [3.63, 3.8) is 0 Å². The summed E-state index contributed by atoms with van der Waals surface area (Å²) in [4.78, 5) is 37.9. The van der Waals surface area contributed by atoms with Crippen molar-refractivity contribution in [3.8, 4) is 0 Å². The molecule has 9 heteroatoms. The Morgan fingerprint density at radius 3 is 2.69 bits per heavy atom. The molecule has 0 bridgehead atoms. The topological polar surface area (TPSA) is 90.5 Å². The molecule has 0 aliphatic carbocycles. The SMILES string of the molecule is CNc1nc([C@H]2CCCN(C(C)=O)C2)nc2c1CN(CC(=O)Nc1ccc(F)cc1)CC2. The first-order valence-electron chi connectivity index (χ1n) is 11.0. The first-order chi connectivity index (χ1) is 15.4. The third kappa shape index (κ3) is 5.04. The van der Waals surface area contributed by atoms with Crippen LogP contribution >= 0.6 is 0 Å². The van der Waals surface area contributed by atoms with Gasteiger partial charge < -0.3 is 15.5 Å². The second-order valence-corrected chi connectivity index (χ2v) is 8.43. The smallest absolute Gasteiger partial charge is 0.238 e. The molecule has 8 nitrogen and oxygen atoms in total. The lowest BCUT2D eigenvalue weighted by molar-refractivity contribution is -0.130. The van der Waals surface area contributed by atoms with E-state index in [-0.39, 0.29) is 30.1 Å². The number of rotatable bonds is 5. The summed E-state index contributed by atoms with van der Waals surface area (Å²) in [6.07, 6.45) is 2.66. The van der Waals surface area contributed by atoms with Crippen LogP contribution in [0.4, 0.5) is 15.9 Å². The number of fused-ring (bicyclic) bond motifs is 1. The number of carbonyl (C=O) groups excluding carboxylic acids is 2. The number of piperidine rings is 1. The Balaban J connectivity index is 1.44. The molecule has 4 rings (SSSR count). The molecule has 0 radical (unpaired) electrons. The van der Waals surface area contributed by atoms with Crippen LogP contribution < -0.4 is 10.6 Å². The first-order valence-corrected chi connectivity index (χ1v) is 11.0. The summed E-state index contributed by atoms with van der Waals surface area (Å²) >= 11 is 0.